The van der Waals surface area contributed by atoms with Gasteiger partial charge in [-0.2, -0.15) is 5.26 Å². The highest BCUT2D eigenvalue weighted by Gasteiger charge is 2.34. The van der Waals surface area contributed by atoms with Crippen molar-refractivity contribution in [1.82, 2.24) is 29.5 Å². The summed E-state index contributed by atoms with van der Waals surface area (Å²) in [5.41, 5.74) is 3.41. The lowest BCUT2D eigenvalue weighted by atomic mass is 9.93. The van der Waals surface area contributed by atoms with Crippen molar-refractivity contribution in [3.05, 3.63) is 70.9 Å². The zero-order valence-corrected chi connectivity index (χ0v) is 25.8. The predicted octanol–water partition coefficient (Wildman–Crippen LogP) is 3.40. The van der Waals surface area contributed by atoms with Gasteiger partial charge >= 0.3 is 0 Å². The number of aliphatic hydroxyl groups excluding tert-OH is 1. The van der Waals surface area contributed by atoms with E-state index in [1.54, 1.807) is 57.1 Å². The summed E-state index contributed by atoms with van der Waals surface area (Å²) in [5.74, 6) is -0.995. The number of fused-ring (bicyclic) bond motifs is 1. The van der Waals surface area contributed by atoms with Gasteiger partial charge in [0.05, 0.1) is 28.9 Å². The summed E-state index contributed by atoms with van der Waals surface area (Å²) in [6.07, 6.45) is 4.74. The Bertz CT molecular complexity index is 1830. The molecule has 2 aliphatic rings. The maximum absolute atomic E-state index is 14.8. The van der Waals surface area contributed by atoms with Crippen molar-refractivity contribution in [1.29, 1.82) is 5.26 Å². The molecule has 0 aliphatic carbocycles. The quantitative estimate of drug-likeness (QED) is 0.275. The number of amides is 2. The molecular weight excluding hydrogens is 615 g/mol. The van der Waals surface area contributed by atoms with E-state index in [0.29, 0.717) is 79.7 Å². The highest BCUT2D eigenvalue weighted by atomic mass is 35.5. The third-order valence-corrected chi connectivity index (χ3v) is 8.78. The monoisotopic (exact) mass is 646 g/mol. The number of nitriles is 1. The predicted molar refractivity (Wildman–Crippen MR) is 168 cm³/mol. The molecule has 2 atom stereocenters. The van der Waals surface area contributed by atoms with Gasteiger partial charge in [-0.05, 0) is 55.8 Å². The third kappa shape index (κ3) is 6.06. The average Bonchev–Trinajstić information content (AvgIpc) is 3.50. The van der Waals surface area contributed by atoms with Crippen LogP contribution in [0.15, 0.2) is 48.9 Å². The number of aryl methyl sites for hydroxylation is 1. The van der Waals surface area contributed by atoms with E-state index in [9.17, 15) is 19.1 Å². The molecule has 3 N–H and O–H groups in total. The fourth-order valence-electron chi connectivity index (χ4n) is 5.94. The minimum absolute atomic E-state index is 0.0456. The summed E-state index contributed by atoms with van der Waals surface area (Å²) in [7, 11) is 0. The number of imidazole rings is 1. The summed E-state index contributed by atoms with van der Waals surface area (Å²) in [6.45, 7) is 4.38. The number of aromatic nitrogens is 3. The Morgan fingerprint density at radius 1 is 1.20 bits per heavy atom. The molecule has 6 rings (SSSR count). The van der Waals surface area contributed by atoms with E-state index in [4.69, 9.17) is 21.6 Å². The molecule has 2 aromatic carbocycles. The molecule has 2 saturated heterocycles. The molecule has 0 saturated carbocycles. The number of benzene rings is 2. The number of hydrogen-bond acceptors (Lipinski definition) is 9. The minimum Gasteiger partial charge on any atom is -0.476 e. The zero-order chi connectivity index (χ0) is 32.4. The number of β-amino-alcohol motifs (C(OH)–C–C–N with tert-alkyl or cyclic N) is 1. The van der Waals surface area contributed by atoms with Crippen LogP contribution < -0.4 is 15.4 Å². The van der Waals surface area contributed by atoms with Gasteiger partial charge in [0, 0.05) is 61.9 Å². The van der Waals surface area contributed by atoms with Crippen LogP contribution in [0.1, 0.15) is 22.3 Å². The van der Waals surface area contributed by atoms with Crippen molar-refractivity contribution in [2.45, 2.75) is 19.4 Å². The SMILES string of the molecule is Cc1cc(Nc2nccn3c(-c4ccc(OCC#N)c(F)c4Cl)cnc23)ccc1C(=O)N1CCN(C(=O)C2CCNC[C@H]2O)CC1. The van der Waals surface area contributed by atoms with Crippen LogP contribution in [-0.4, -0.2) is 93.1 Å². The molecular formula is C32H32ClFN8O4. The largest absolute Gasteiger partial charge is 0.476 e. The Hall–Kier alpha value is -4.77. The van der Waals surface area contributed by atoms with Crippen molar-refractivity contribution in [3.8, 4) is 23.1 Å². The first-order chi connectivity index (χ1) is 22.3. The average molecular weight is 647 g/mol. The summed E-state index contributed by atoms with van der Waals surface area (Å²) in [4.78, 5) is 38.8. The molecule has 2 amide bonds. The lowest BCUT2D eigenvalue weighted by Gasteiger charge is -2.38. The van der Waals surface area contributed by atoms with Crippen LogP contribution in [-0.2, 0) is 4.79 Å². The summed E-state index contributed by atoms with van der Waals surface area (Å²) < 4.78 is 21.7. The Balaban J connectivity index is 1.14. The van der Waals surface area contributed by atoms with Crippen molar-refractivity contribution in [3.63, 3.8) is 0 Å². The molecule has 238 valence electrons. The number of piperazine rings is 1. The van der Waals surface area contributed by atoms with Gasteiger partial charge in [0.2, 0.25) is 5.91 Å². The number of anilines is 2. The fraction of sp³-hybridized carbons (Fsp3) is 0.344. The van der Waals surface area contributed by atoms with Crippen molar-refractivity contribution in [2.24, 2.45) is 5.92 Å². The van der Waals surface area contributed by atoms with Crippen LogP contribution in [0, 0.1) is 30.0 Å². The van der Waals surface area contributed by atoms with E-state index in [1.165, 1.54) is 6.07 Å². The topological polar surface area (TPSA) is 148 Å². The van der Waals surface area contributed by atoms with Gasteiger partial charge in [0.25, 0.3) is 5.91 Å². The second-order valence-electron chi connectivity index (χ2n) is 11.2. The van der Waals surface area contributed by atoms with E-state index in [1.807, 2.05) is 13.0 Å². The molecule has 0 radical (unpaired) electrons. The molecule has 4 heterocycles. The first-order valence-corrected chi connectivity index (χ1v) is 15.3. The van der Waals surface area contributed by atoms with Crippen LogP contribution in [0.3, 0.4) is 0 Å². The van der Waals surface area contributed by atoms with Gasteiger partial charge in [-0.25, -0.2) is 14.4 Å². The standard InChI is InChI=1S/C32H32ClFN8O4/c1-19-16-20(2-3-21(19)31(44)40-11-13-41(14-12-40)32(45)23-6-8-36-18-25(23)43)39-29-30-38-17-24(42(30)10-9-37-29)22-4-5-26(46-15-7-35)28(34)27(22)33/h2-5,9-10,16-17,23,25,36,43H,6,8,11-15,18H2,1H3,(H,37,39)/t23?,25-/m1/s1. The van der Waals surface area contributed by atoms with Gasteiger partial charge < -0.3 is 30.3 Å². The molecule has 2 aromatic heterocycles. The second kappa shape index (κ2) is 13.3. The molecule has 1 unspecified atom stereocenters. The number of carbonyl (C=O) groups is 2. The number of halogens is 2. The molecule has 46 heavy (non-hydrogen) atoms. The zero-order valence-electron chi connectivity index (χ0n) is 25.0. The summed E-state index contributed by atoms with van der Waals surface area (Å²) in [6, 6.07) is 10.2. The Morgan fingerprint density at radius 3 is 2.72 bits per heavy atom. The lowest BCUT2D eigenvalue weighted by molar-refractivity contribution is -0.141. The molecule has 0 spiro atoms. The van der Waals surface area contributed by atoms with E-state index < -0.39 is 17.8 Å². The van der Waals surface area contributed by atoms with Gasteiger partial charge in [-0.15, -0.1) is 0 Å². The summed E-state index contributed by atoms with van der Waals surface area (Å²) in [5, 5.41) is 25.2. The summed E-state index contributed by atoms with van der Waals surface area (Å²) >= 11 is 6.34. The maximum Gasteiger partial charge on any atom is 0.254 e. The molecule has 14 heteroatoms. The number of ether oxygens (including phenoxy) is 1. The molecule has 4 aromatic rings. The fourth-order valence-corrected chi connectivity index (χ4v) is 6.19. The van der Waals surface area contributed by atoms with Gasteiger partial charge in [0.1, 0.15) is 6.07 Å². The van der Waals surface area contributed by atoms with E-state index in [2.05, 4.69) is 20.6 Å². The minimum atomic E-state index is -0.769. The Kier molecular flexibility index (Phi) is 9.03. The number of piperidine rings is 1. The van der Waals surface area contributed by atoms with E-state index >= 15 is 0 Å². The van der Waals surface area contributed by atoms with Crippen LogP contribution in [0.25, 0.3) is 16.9 Å². The second-order valence-corrected chi connectivity index (χ2v) is 11.6. The first-order valence-electron chi connectivity index (χ1n) is 14.9. The van der Waals surface area contributed by atoms with Gasteiger partial charge in [0.15, 0.2) is 29.6 Å². The van der Waals surface area contributed by atoms with E-state index in [-0.39, 0.29) is 29.2 Å². The van der Waals surface area contributed by atoms with Crippen LogP contribution in [0.5, 0.6) is 5.75 Å². The highest BCUT2D eigenvalue weighted by molar-refractivity contribution is 6.33. The van der Waals surface area contributed by atoms with Gasteiger partial charge in [-0.3, -0.25) is 14.0 Å². The first kappa shape index (κ1) is 31.2. The number of carbonyl (C=O) groups excluding carboxylic acids is 2. The maximum atomic E-state index is 14.8. The number of rotatable bonds is 7. The normalized spacial score (nSPS) is 18.3. The number of aliphatic hydroxyl groups is 1. The Morgan fingerprint density at radius 2 is 1.98 bits per heavy atom. The molecule has 12 nitrogen and oxygen atoms in total. The Labute approximate surface area is 269 Å². The van der Waals surface area contributed by atoms with Crippen LogP contribution in [0.4, 0.5) is 15.9 Å². The molecule has 2 aliphatic heterocycles. The smallest absolute Gasteiger partial charge is 0.254 e. The number of nitrogens with one attached hydrogen (secondary N) is 2. The van der Waals surface area contributed by atoms with Crippen molar-refractivity contribution in [2.75, 3.05) is 51.2 Å². The third-order valence-electron chi connectivity index (χ3n) is 8.41. The van der Waals surface area contributed by atoms with Crippen molar-refractivity contribution < 1.29 is 23.8 Å². The lowest BCUT2D eigenvalue weighted by Crippen LogP contribution is -2.55. The van der Waals surface area contributed by atoms with Gasteiger partial charge in [-0.1, -0.05) is 11.6 Å². The highest BCUT2D eigenvalue weighted by Crippen LogP contribution is 2.36. The number of hydrogen-bond donors (Lipinski definition) is 3. The molecule has 2 fully saturated rings. The van der Waals surface area contributed by atoms with Crippen LogP contribution in [0.2, 0.25) is 5.02 Å². The van der Waals surface area contributed by atoms with Crippen LogP contribution >= 0.6 is 11.6 Å². The van der Waals surface area contributed by atoms with E-state index in [0.717, 1.165) is 5.56 Å². The number of nitrogens with zero attached hydrogens (tertiary/aromatic N) is 6. The molecule has 0 bridgehead atoms. The van der Waals surface area contributed by atoms with Crippen molar-refractivity contribution >= 4 is 40.6 Å².